The number of amidine groups is 1. The summed E-state index contributed by atoms with van der Waals surface area (Å²) in [4.78, 5) is 56.4. The van der Waals surface area contributed by atoms with E-state index < -0.39 is 23.6 Å². The second kappa shape index (κ2) is 16.0. The minimum absolute atomic E-state index is 0.0435. The molecule has 4 rings (SSSR count). The Labute approximate surface area is 285 Å². The van der Waals surface area contributed by atoms with Gasteiger partial charge in [-0.25, -0.2) is 0 Å². The van der Waals surface area contributed by atoms with E-state index in [1.165, 1.54) is 6.20 Å². The molecule has 4 aromatic rings. The Kier molecular flexibility index (Phi) is 11.8. The summed E-state index contributed by atoms with van der Waals surface area (Å²) >= 11 is 11.8. The van der Waals surface area contributed by atoms with E-state index in [2.05, 4.69) is 46.6 Å². The molecule has 0 spiro atoms. The van der Waals surface area contributed by atoms with Gasteiger partial charge in [0.15, 0.2) is 11.6 Å². The van der Waals surface area contributed by atoms with Gasteiger partial charge in [-0.1, -0.05) is 0 Å². The summed E-state index contributed by atoms with van der Waals surface area (Å²) in [5, 5.41) is 31.4. The topological polar surface area (TPSA) is 243 Å². The largest absolute Gasteiger partial charge is 0.388 e. The van der Waals surface area contributed by atoms with Crippen LogP contribution in [0.3, 0.4) is 0 Å². The van der Waals surface area contributed by atoms with E-state index in [0.717, 1.165) is 5.69 Å². The molecule has 0 fully saturated rings. The molecule has 0 radical (unpaired) electrons. The standard InChI is InChI=1S/C30H36Cl2N12O4/c1-15-20(14-36-22(15)28(46)35-11-8-21(33)34)37-29(47)23-16(2)26(43-40-23)39-30(48)24-17(3)25(42-41-24)38-27(45)18-4-6-19(7-5-18)44(12-9-31)13-10-32/h4-7,14,36H,8-13H2,1-3H3,(H3,33,34)(H,35,46)(H,37,47)(H2,38,41,42,45)(H2,39,40,43,48). The van der Waals surface area contributed by atoms with Crippen molar-refractivity contribution in [3.63, 3.8) is 0 Å². The lowest BCUT2D eigenvalue weighted by Gasteiger charge is -2.22. The summed E-state index contributed by atoms with van der Waals surface area (Å²) in [7, 11) is 0. The third kappa shape index (κ3) is 8.32. The number of alkyl halides is 2. The number of rotatable bonds is 15. The summed E-state index contributed by atoms with van der Waals surface area (Å²) in [6.45, 7) is 6.32. The SMILES string of the molecule is Cc1c(NC(=O)c2[nH]nc(NC(=O)c3[nH]nc(NC(=O)c4ccc(N(CCCl)CCCl)cc4)c3C)c2C)c[nH]c1C(=O)NCCC(=N)N. The fourth-order valence-electron chi connectivity index (χ4n) is 4.67. The van der Waals surface area contributed by atoms with E-state index in [-0.39, 0.29) is 47.5 Å². The maximum Gasteiger partial charge on any atom is 0.275 e. The van der Waals surface area contributed by atoms with Crippen molar-refractivity contribution in [2.75, 3.05) is 52.2 Å². The van der Waals surface area contributed by atoms with Crippen LogP contribution in [0.2, 0.25) is 0 Å². The first kappa shape index (κ1) is 35.5. The van der Waals surface area contributed by atoms with Crippen molar-refractivity contribution in [3.05, 3.63) is 69.8 Å². The zero-order chi connectivity index (χ0) is 35.0. The molecule has 0 bridgehead atoms. The number of nitrogens with zero attached hydrogens (tertiary/aromatic N) is 3. The van der Waals surface area contributed by atoms with Crippen molar-refractivity contribution in [3.8, 4) is 0 Å². The lowest BCUT2D eigenvalue weighted by atomic mass is 10.1. The molecule has 4 amide bonds. The predicted octanol–water partition coefficient (Wildman–Crippen LogP) is 3.48. The summed E-state index contributed by atoms with van der Waals surface area (Å²) in [5.74, 6) is -0.846. The smallest absolute Gasteiger partial charge is 0.275 e. The van der Waals surface area contributed by atoms with Crippen molar-refractivity contribution in [2.45, 2.75) is 27.2 Å². The molecule has 0 atom stereocenters. The number of benzene rings is 1. The monoisotopic (exact) mass is 698 g/mol. The number of anilines is 4. The van der Waals surface area contributed by atoms with Gasteiger partial charge < -0.3 is 36.9 Å². The molecule has 10 N–H and O–H groups in total. The van der Waals surface area contributed by atoms with Crippen molar-refractivity contribution >= 4 is 75.7 Å². The van der Waals surface area contributed by atoms with Crippen molar-refractivity contribution in [2.24, 2.45) is 5.73 Å². The van der Waals surface area contributed by atoms with E-state index in [1.54, 1.807) is 45.0 Å². The Balaban J connectivity index is 1.37. The average molecular weight is 700 g/mol. The minimum atomic E-state index is -0.591. The van der Waals surface area contributed by atoms with Gasteiger partial charge in [0.2, 0.25) is 0 Å². The normalized spacial score (nSPS) is 10.8. The average Bonchev–Trinajstić information content (AvgIpc) is 3.73. The summed E-state index contributed by atoms with van der Waals surface area (Å²) in [6.07, 6.45) is 1.69. The molecule has 254 valence electrons. The van der Waals surface area contributed by atoms with Crippen LogP contribution >= 0.6 is 23.2 Å². The number of aromatic nitrogens is 5. The zero-order valence-electron chi connectivity index (χ0n) is 26.4. The van der Waals surface area contributed by atoms with E-state index in [4.69, 9.17) is 34.3 Å². The first-order chi connectivity index (χ1) is 22.9. The van der Waals surface area contributed by atoms with Crippen LogP contribution in [-0.4, -0.2) is 86.2 Å². The molecule has 0 aliphatic rings. The lowest BCUT2D eigenvalue weighted by molar-refractivity contribution is 0.0947. The maximum absolute atomic E-state index is 13.1. The van der Waals surface area contributed by atoms with Gasteiger partial charge in [0.1, 0.15) is 17.1 Å². The molecule has 16 nitrogen and oxygen atoms in total. The molecule has 0 saturated heterocycles. The fourth-order valence-corrected chi connectivity index (χ4v) is 5.08. The van der Waals surface area contributed by atoms with Gasteiger partial charge in [0.05, 0.1) is 11.5 Å². The Hall–Kier alpha value is -5.35. The van der Waals surface area contributed by atoms with Crippen LogP contribution in [0.15, 0.2) is 30.5 Å². The highest BCUT2D eigenvalue weighted by Gasteiger charge is 2.23. The number of hydrogen-bond donors (Lipinski definition) is 9. The van der Waals surface area contributed by atoms with Crippen LogP contribution in [0.25, 0.3) is 0 Å². The predicted molar refractivity (Wildman–Crippen MR) is 185 cm³/mol. The van der Waals surface area contributed by atoms with Crippen molar-refractivity contribution in [1.82, 2.24) is 30.7 Å². The van der Waals surface area contributed by atoms with E-state index in [1.807, 2.05) is 4.90 Å². The van der Waals surface area contributed by atoms with Crippen LogP contribution in [-0.2, 0) is 0 Å². The molecule has 0 unspecified atom stereocenters. The van der Waals surface area contributed by atoms with Gasteiger partial charge in [-0.05, 0) is 45.0 Å². The highest BCUT2D eigenvalue weighted by molar-refractivity contribution is 6.18. The van der Waals surface area contributed by atoms with E-state index in [0.29, 0.717) is 52.8 Å². The Morgan fingerprint density at radius 2 is 1.33 bits per heavy atom. The van der Waals surface area contributed by atoms with Gasteiger partial charge in [0.25, 0.3) is 23.6 Å². The number of carbonyl (C=O) groups is 4. The molecule has 1 aromatic carbocycles. The molecular weight excluding hydrogens is 663 g/mol. The molecular formula is C30H36Cl2N12O4. The highest BCUT2D eigenvalue weighted by atomic mass is 35.5. The number of carbonyl (C=O) groups excluding carboxylic acids is 4. The van der Waals surface area contributed by atoms with E-state index in [9.17, 15) is 19.2 Å². The van der Waals surface area contributed by atoms with Gasteiger partial charge in [-0.3, -0.25) is 34.8 Å². The summed E-state index contributed by atoms with van der Waals surface area (Å²) in [6, 6.07) is 6.96. The fraction of sp³-hybridized carbons (Fsp3) is 0.300. The molecule has 0 saturated carbocycles. The molecule has 3 heterocycles. The highest BCUT2D eigenvalue weighted by Crippen LogP contribution is 2.23. The van der Waals surface area contributed by atoms with Crippen LogP contribution < -0.4 is 31.9 Å². The minimum Gasteiger partial charge on any atom is -0.388 e. The van der Waals surface area contributed by atoms with E-state index >= 15 is 0 Å². The second-order valence-corrected chi connectivity index (χ2v) is 11.4. The lowest BCUT2D eigenvalue weighted by Crippen LogP contribution is -2.28. The summed E-state index contributed by atoms with van der Waals surface area (Å²) < 4.78 is 0. The number of hydrogen-bond acceptors (Lipinski definition) is 8. The molecule has 3 aromatic heterocycles. The third-order valence-electron chi connectivity index (χ3n) is 7.44. The van der Waals surface area contributed by atoms with Crippen molar-refractivity contribution < 1.29 is 19.2 Å². The number of H-pyrrole nitrogens is 3. The van der Waals surface area contributed by atoms with Crippen LogP contribution in [0.4, 0.5) is 23.0 Å². The quantitative estimate of drug-likeness (QED) is 0.0504. The Bertz CT molecular complexity index is 1810. The molecule has 0 aliphatic heterocycles. The first-order valence-corrected chi connectivity index (χ1v) is 15.8. The first-order valence-electron chi connectivity index (χ1n) is 14.7. The molecule has 18 heteroatoms. The number of nitrogens with one attached hydrogen (secondary N) is 8. The van der Waals surface area contributed by atoms with Gasteiger partial charge in [0, 0.05) is 72.0 Å². The molecule has 0 aliphatic carbocycles. The number of halogens is 2. The van der Waals surface area contributed by atoms with Gasteiger partial charge in [-0.2, -0.15) is 10.2 Å². The van der Waals surface area contributed by atoms with Crippen LogP contribution in [0.1, 0.15) is 64.9 Å². The maximum atomic E-state index is 13.1. The number of nitrogens with two attached hydrogens (primary N) is 1. The molecule has 48 heavy (non-hydrogen) atoms. The van der Waals surface area contributed by atoms with Crippen LogP contribution in [0.5, 0.6) is 0 Å². The van der Waals surface area contributed by atoms with Crippen LogP contribution in [0, 0.1) is 26.2 Å². The number of amides is 4. The third-order valence-corrected chi connectivity index (χ3v) is 7.77. The second-order valence-electron chi connectivity index (χ2n) is 10.7. The van der Waals surface area contributed by atoms with Crippen molar-refractivity contribution in [1.29, 1.82) is 5.41 Å². The van der Waals surface area contributed by atoms with Gasteiger partial charge >= 0.3 is 0 Å². The number of aromatic amines is 3. The van der Waals surface area contributed by atoms with Gasteiger partial charge in [-0.15, -0.1) is 23.2 Å². The zero-order valence-corrected chi connectivity index (χ0v) is 27.9. The Morgan fingerprint density at radius 1 is 0.792 bits per heavy atom. The summed E-state index contributed by atoms with van der Waals surface area (Å²) in [5.41, 5.74) is 8.64. The Morgan fingerprint density at radius 3 is 1.88 bits per heavy atom.